The molecule has 4 N–H and O–H groups in total. The molecule has 0 atom stereocenters. The molecule has 1 fully saturated rings. The highest BCUT2D eigenvalue weighted by atomic mass is 16.5. The Morgan fingerprint density at radius 1 is 0.708 bits per heavy atom. The highest BCUT2D eigenvalue weighted by Gasteiger charge is 2.21. The Hall–Kier alpha value is -5.60. The average molecular weight is 655 g/mol. The van der Waals surface area contributed by atoms with Crippen molar-refractivity contribution in [2.24, 2.45) is 21.1 Å². The van der Waals surface area contributed by atoms with Crippen LogP contribution in [0.1, 0.15) is 47.6 Å². The van der Waals surface area contributed by atoms with Gasteiger partial charge in [0.25, 0.3) is 23.6 Å². The number of nitrogens with zero attached hydrogens (tertiary/aromatic N) is 4. The van der Waals surface area contributed by atoms with E-state index in [1.165, 1.54) is 0 Å². The first-order valence-corrected chi connectivity index (χ1v) is 15.6. The van der Waals surface area contributed by atoms with Gasteiger partial charge in [-0.2, -0.15) is 0 Å². The highest BCUT2D eigenvalue weighted by Crippen LogP contribution is 2.26. The molecule has 14 heteroatoms. The van der Waals surface area contributed by atoms with E-state index in [-0.39, 0.29) is 11.7 Å². The first-order chi connectivity index (χ1) is 23.1. The number of carbonyl (C=O) groups excluding carboxylic acids is 4. The van der Waals surface area contributed by atoms with E-state index in [0.29, 0.717) is 59.5 Å². The SMILES string of the molecule is Cc1c(C(=O)Nc2cc(C(=O)Nc3cc(C(=O)Nc4cc(C(=O)NCCN5CCOCC5)n(C)c4)n(C)c3)n(C)c2)oc2ccccc12. The van der Waals surface area contributed by atoms with Gasteiger partial charge in [0.2, 0.25) is 0 Å². The second-order valence-corrected chi connectivity index (χ2v) is 11.8. The summed E-state index contributed by atoms with van der Waals surface area (Å²) in [6.45, 7) is 6.15. The normalized spacial score (nSPS) is 13.4. The number of ether oxygens (including phenoxy) is 1. The Balaban J connectivity index is 1.05. The van der Waals surface area contributed by atoms with E-state index in [9.17, 15) is 19.2 Å². The number of aromatic nitrogens is 3. The van der Waals surface area contributed by atoms with Crippen LogP contribution in [-0.4, -0.2) is 81.6 Å². The summed E-state index contributed by atoms with van der Waals surface area (Å²) in [7, 11) is 5.13. The molecule has 4 amide bonds. The number of fused-ring (bicyclic) bond motifs is 1. The summed E-state index contributed by atoms with van der Waals surface area (Å²) in [5.74, 6) is -1.29. The van der Waals surface area contributed by atoms with E-state index in [4.69, 9.17) is 9.15 Å². The molecule has 4 aromatic heterocycles. The van der Waals surface area contributed by atoms with Gasteiger partial charge in [-0.3, -0.25) is 24.1 Å². The quantitative estimate of drug-likeness (QED) is 0.179. The molecule has 0 unspecified atom stereocenters. The molecular weight excluding hydrogens is 616 g/mol. The summed E-state index contributed by atoms with van der Waals surface area (Å²) < 4.78 is 16.0. The van der Waals surface area contributed by atoms with Crippen LogP contribution in [-0.2, 0) is 25.9 Å². The number of aryl methyl sites for hydroxylation is 4. The van der Waals surface area contributed by atoms with Crippen LogP contribution in [0.2, 0.25) is 0 Å². The maximum Gasteiger partial charge on any atom is 0.291 e. The predicted molar refractivity (Wildman–Crippen MR) is 181 cm³/mol. The Morgan fingerprint density at radius 3 is 1.75 bits per heavy atom. The van der Waals surface area contributed by atoms with Crippen LogP contribution in [0.15, 0.2) is 65.5 Å². The van der Waals surface area contributed by atoms with Crippen LogP contribution in [0.3, 0.4) is 0 Å². The van der Waals surface area contributed by atoms with E-state index < -0.39 is 17.7 Å². The van der Waals surface area contributed by atoms with Gasteiger partial charge in [0.05, 0.1) is 30.3 Å². The summed E-state index contributed by atoms with van der Waals surface area (Å²) in [6, 6.07) is 12.2. The third-order valence-electron chi connectivity index (χ3n) is 8.35. The van der Waals surface area contributed by atoms with E-state index in [1.807, 2.05) is 25.1 Å². The third-order valence-corrected chi connectivity index (χ3v) is 8.35. The second kappa shape index (κ2) is 13.6. The molecule has 0 saturated carbocycles. The number of nitrogens with one attached hydrogen (secondary N) is 4. The summed E-state index contributed by atoms with van der Waals surface area (Å²) in [5.41, 5.74) is 3.65. The smallest absolute Gasteiger partial charge is 0.291 e. The fraction of sp³-hybridized carbons (Fsp3) is 0.294. The number of para-hydroxylation sites is 1. The van der Waals surface area contributed by atoms with Gasteiger partial charge in [0.15, 0.2) is 5.76 Å². The number of hydrogen-bond acceptors (Lipinski definition) is 7. The zero-order valence-corrected chi connectivity index (χ0v) is 27.3. The first kappa shape index (κ1) is 32.3. The van der Waals surface area contributed by atoms with Crippen LogP contribution in [0.4, 0.5) is 17.1 Å². The Morgan fingerprint density at radius 2 is 1.21 bits per heavy atom. The fourth-order valence-corrected chi connectivity index (χ4v) is 5.79. The van der Waals surface area contributed by atoms with Gasteiger partial charge in [-0.25, -0.2) is 0 Å². The summed E-state index contributed by atoms with van der Waals surface area (Å²) >= 11 is 0. The molecule has 5 heterocycles. The molecule has 0 bridgehead atoms. The Labute approximate surface area is 276 Å². The van der Waals surface area contributed by atoms with E-state index in [1.54, 1.807) is 77.7 Å². The number of carbonyl (C=O) groups is 4. The zero-order chi connectivity index (χ0) is 33.9. The summed E-state index contributed by atoms with van der Waals surface area (Å²) in [5, 5.41) is 12.2. The number of morpholine rings is 1. The average Bonchev–Trinajstić information content (AvgIpc) is 3.82. The van der Waals surface area contributed by atoms with Gasteiger partial charge in [-0.05, 0) is 31.2 Å². The molecule has 1 aromatic carbocycles. The lowest BCUT2D eigenvalue weighted by Crippen LogP contribution is -2.41. The molecule has 0 aliphatic carbocycles. The summed E-state index contributed by atoms with van der Waals surface area (Å²) in [6.07, 6.45) is 4.93. The van der Waals surface area contributed by atoms with Crippen LogP contribution in [0, 0.1) is 6.92 Å². The standard InChI is InChI=1S/C34H38N8O6/c1-21-25-7-5-6-8-29(25)48-30(21)34(46)38-24-17-28(41(4)20-24)33(45)37-23-16-27(40(3)19-23)32(44)36-22-15-26(39(2)18-22)31(43)35-9-10-42-11-13-47-14-12-42/h5-8,15-20H,9-14H2,1-4H3,(H,35,43)(H,36,44)(H,37,45)(H,38,46). The number of benzene rings is 1. The molecule has 48 heavy (non-hydrogen) atoms. The van der Waals surface area contributed by atoms with Gasteiger partial charge in [0.1, 0.15) is 22.7 Å². The van der Waals surface area contributed by atoms with Crippen molar-refractivity contribution in [2.75, 3.05) is 55.3 Å². The van der Waals surface area contributed by atoms with Gasteiger partial charge < -0.3 is 44.1 Å². The summed E-state index contributed by atoms with van der Waals surface area (Å²) in [4.78, 5) is 54.4. The first-order valence-electron chi connectivity index (χ1n) is 15.6. The number of amides is 4. The number of furan rings is 1. The molecule has 250 valence electrons. The molecule has 14 nitrogen and oxygen atoms in total. The lowest BCUT2D eigenvalue weighted by Gasteiger charge is -2.26. The monoisotopic (exact) mass is 654 g/mol. The van der Waals surface area contributed by atoms with Crippen LogP contribution in [0.25, 0.3) is 11.0 Å². The molecule has 6 rings (SSSR count). The molecule has 5 aromatic rings. The van der Waals surface area contributed by atoms with Crippen molar-refractivity contribution >= 4 is 51.7 Å². The van der Waals surface area contributed by atoms with Gasteiger partial charge >= 0.3 is 0 Å². The molecular formula is C34H38N8O6. The molecule has 0 radical (unpaired) electrons. The number of anilines is 3. The van der Waals surface area contributed by atoms with Gasteiger partial charge in [0, 0.05) is 76.9 Å². The molecule has 1 aliphatic heterocycles. The minimum Gasteiger partial charge on any atom is -0.451 e. The van der Waals surface area contributed by atoms with E-state index in [0.717, 1.165) is 30.6 Å². The Kier molecular flexibility index (Phi) is 9.19. The minimum absolute atomic E-state index is 0.204. The highest BCUT2D eigenvalue weighted by molar-refractivity contribution is 6.09. The van der Waals surface area contributed by atoms with Crippen LogP contribution < -0.4 is 21.3 Å². The lowest BCUT2D eigenvalue weighted by molar-refractivity contribution is 0.0383. The molecule has 0 spiro atoms. The minimum atomic E-state index is -0.428. The number of rotatable bonds is 10. The fourth-order valence-electron chi connectivity index (χ4n) is 5.79. The number of hydrogen-bond donors (Lipinski definition) is 4. The molecule has 1 aliphatic rings. The predicted octanol–water partition coefficient (Wildman–Crippen LogP) is 3.58. The zero-order valence-electron chi connectivity index (χ0n) is 27.3. The van der Waals surface area contributed by atoms with Crippen molar-refractivity contribution in [3.05, 3.63) is 89.5 Å². The maximum absolute atomic E-state index is 13.2. The Bertz CT molecular complexity index is 2010. The van der Waals surface area contributed by atoms with E-state index >= 15 is 0 Å². The van der Waals surface area contributed by atoms with Crippen LogP contribution in [0.5, 0.6) is 0 Å². The van der Waals surface area contributed by atoms with Crippen molar-refractivity contribution in [3.8, 4) is 0 Å². The van der Waals surface area contributed by atoms with E-state index in [2.05, 4.69) is 26.2 Å². The third kappa shape index (κ3) is 6.89. The van der Waals surface area contributed by atoms with Gasteiger partial charge in [-0.1, -0.05) is 18.2 Å². The topological polar surface area (TPSA) is 157 Å². The van der Waals surface area contributed by atoms with Crippen molar-refractivity contribution in [1.82, 2.24) is 23.9 Å². The second-order valence-electron chi connectivity index (χ2n) is 11.8. The van der Waals surface area contributed by atoms with Crippen LogP contribution >= 0.6 is 0 Å². The molecule has 1 saturated heterocycles. The van der Waals surface area contributed by atoms with Crippen molar-refractivity contribution in [1.29, 1.82) is 0 Å². The lowest BCUT2D eigenvalue weighted by atomic mass is 10.1. The van der Waals surface area contributed by atoms with Crippen molar-refractivity contribution in [3.63, 3.8) is 0 Å². The van der Waals surface area contributed by atoms with Crippen molar-refractivity contribution in [2.45, 2.75) is 6.92 Å². The largest absolute Gasteiger partial charge is 0.451 e. The van der Waals surface area contributed by atoms with Crippen molar-refractivity contribution < 1.29 is 28.3 Å². The van der Waals surface area contributed by atoms with Gasteiger partial charge in [-0.15, -0.1) is 0 Å². The maximum atomic E-state index is 13.2.